The van der Waals surface area contributed by atoms with Gasteiger partial charge in [0.25, 0.3) is 5.91 Å². The maximum absolute atomic E-state index is 13.1. The lowest BCUT2D eigenvalue weighted by Crippen LogP contribution is -2.28. The molecule has 4 rings (SSSR count). The van der Waals surface area contributed by atoms with E-state index in [1.807, 2.05) is 32.2 Å². The van der Waals surface area contributed by atoms with Crippen LogP contribution in [0.15, 0.2) is 36.7 Å². The standard InChI is InChI=1S/C22H26N4O2S/c1-15-18-20(23-13-17-9-6-12-28-17)24-14-25-21(18)29-19(15)22(27)26(2)11-10-16-7-4-3-5-8-16/h3-5,7-8,14,17H,6,9-13H2,1-2H3,(H,23,24,25). The van der Waals surface area contributed by atoms with Crippen molar-refractivity contribution in [1.82, 2.24) is 14.9 Å². The lowest BCUT2D eigenvalue weighted by molar-refractivity contribution is 0.0801. The van der Waals surface area contributed by atoms with Gasteiger partial charge in [0.15, 0.2) is 0 Å². The van der Waals surface area contributed by atoms with Gasteiger partial charge in [-0.25, -0.2) is 9.97 Å². The number of aryl methyl sites for hydroxylation is 1. The Morgan fingerprint density at radius 1 is 1.31 bits per heavy atom. The highest BCUT2D eigenvalue weighted by molar-refractivity contribution is 7.20. The summed E-state index contributed by atoms with van der Waals surface area (Å²) in [5, 5.41) is 4.34. The molecule has 3 heterocycles. The Morgan fingerprint density at radius 2 is 2.14 bits per heavy atom. The molecular formula is C22H26N4O2S. The van der Waals surface area contributed by atoms with E-state index in [4.69, 9.17) is 4.74 Å². The van der Waals surface area contributed by atoms with Crippen molar-refractivity contribution in [2.75, 3.05) is 32.1 Å². The highest BCUT2D eigenvalue weighted by Crippen LogP contribution is 2.34. The molecule has 0 radical (unpaired) electrons. The number of hydrogen-bond donors (Lipinski definition) is 1. The van der Waals surface area contributed by atoms with Crippen LogP contribution in [0.5, 0.6) is 0 Å². The largest absolute Gasteiger partial charge is 0.376 e. The minimum absolute atomic E-state index is 0.0338. The zero-order valence-corrected chi connectivity index (χ0v) is 17.7. The Kier molecular flexibility index (Phi) is 6.06. The van der Waals surface area contributed by atoms with Gasteiger partial charge in [-0.05, 0) is 37.3 Å². The van der Waals surface area contributed by atoms with Gasteiger partial charge in [0.2, 0.25) is 0 Å². The summed E-state index contributed by atoms with van der Waals surface area (Å²) in [5.74, 6) is 0.816. The first-order chi connectivity index (χ1) is 14.1. The highest BCUT2D eigenvalue weighted by atomic mass is 32.1. The van der Waals surface area contributed by atoms with Crippen LogP contribution >= 0.6 is 11.3 Å². The Morgan fingerprint density at radius 3 is 2.90 bits per heavy atom. The molecule has 2 aromatic heterocycles. The van der Waals surface area contributed by atoms with Crippen LogP contribution in [0.4, 0.5) is 5.82 Å². The van der Waals surface area contributed by atoms with Gasteiger partial charge in [-0.2, -0.15) is 0 Å². The summed E-state index contributed by atoms with van der Waals surface area (Å²) in [6.45, 7) is 4.21. The number of anilines is 1. The average Bonchev–Trinajstić information content (AvgIpc) is 3.39. The summed E-state index contributed by atoms with van der Waals surface area (Å²) in [6, 6.07) is 10.2. The van der Waals surface area contributed by atoms with Crippen LogP contribution in [0.2, 0.25) is 0 Å². The fourth-order valence-corrected chi connectivity index (χ4v) is 4.79. The number of ether oxygens (including phenoxy) is 1. The van der Waals surface area contributed by atoms with E-state index < -0.39 is 0 Å². The van der Waals surface area contributed by atoms with Crippen LogP contribution in [-0.4, -0.2) is 53.6 Å². The van der Waals surface area contributed by atoms with Gasteiger partial charge in [0.1, 0.15) is 17.0 Å². The monoisotopic (exact) mass is 410 g/mol. The van der Waals surface area contributed by atoms with E-state index in [1.54, 1.807) is 11.2 Å². The second-order valence-electron chi connectivity index (χ2n) is 7.44. The number of fused-ring (bicyclic) bond motifs is 1. The molecule has 0 aliphatic carbocycles. The quantitative estimate of drug-likeness (QED) is 0.640. The van der Waals surface area contributed by atoms with Gasteiger partial charge in [0, 0.05) is 26.7 Å². The summed E-state index contributed by atoms with van der Waals surface area (Å²) in [5.41, 5.74) is 2.17. The van der Waals surface area contributed by atoms with Crippen LogP contribution in [0, 0.1) is 6.92 Å². The molecule has 1 aliphatic heterocycles. The first kappa shape index (κ1) is 19.8. The lowest BCUT2D eigenvalue weighted by atomic mass is 10.1. The van der Waals surface area contributed by atoms with Gasteiger partial charge in [-0.3, -0.25) is 4.79 Å². The second-order valence-corrected chi connectivity index (χ2v) is 8.44. The third-order valence-corrected chi connectivity index (χ3v) is 6.56. The molecule has 6 nitrogen and oxygen atoms in total. The number of benzene rings is 1. The number of carbonyl (C=O) groups excluding carboxylic acids is 1. The van der Waals surface area contributed by atoms with Gasteiger partial charge in [-0.1, -0.05) is 30.3 Å². The van der Waals surface area contributed by atoms with Crippen molar-refractivity contribution in [2.45, 2.75) is 32.3 Å². The normalized spacial score (nSPS) is 16.3. The maximum Gasteiger partial charge on any atom is 0.264 e. The number of hydrogen-bond acceptors (Lipinski definition) is 6. The SMILES string of the molecule is Cc1c(C(=O)N(C)CCc2ccccc2)sc2ncnc(NCC3CCCO3)c12. The van der Waals surface area contributed by atoms with Crippen LogP contribution in [0.3, 0.4) is 0 Å². The first-order valence-electron chi connectivity index (χ1n) is 10.0. The second kappa shape index (κ2) is 8.88. The van der Waals surface area contributed by atoms with Gasteiger partial charge >= 0.3 is 0 Å². The van der Waals surface area contributed by atoms with Crippen LogP contribution in [-0.2, 0) is 11.2 Å². The molecule has 0 saturated carbocycles. The van der Waals surface area contributed by atoms with Crippen molar-refractivity contribution in [3.63, 3.8) is 0 Å². The van der Waals surface area contributed by atoms with E-state index in [9.17, 15) is 4.79 Å². The van der Waals surface area contributed by atoms with Crippen molar-refractivity contribution in [2.24, 2.45) is 0 Å². The Hall–Kier alpha value is -2.51. The van der Waals surface area contributed by atoms with E-state index in [-0.39, 0.29) is 12.0 Å². The molecule has 152 valence electrons. The third kappa shape index (κ3) is 4.41. The molecule has 0 bridgehead atoms. The summed E-state index contributed by atoms with van der Waals surface area (Å²) in [6.07, 6.45) is 4.80. The summed E-state index contributed by atoms with van der Waals surface area (Å²) >= 11 is 1.44. The van der Waals surface area contributed by atoms with Crippen LogP contribution in [0.1, 0.15) is 33.6 Å². The summed E-state index contributed by atoms with van der Waals surface area (Å²) in [4.78, 5) is 25.3. The molecule has 1 aliphatic rings. The van der Waals surface area contributed by atoms with Crippen LogP contribution < -0.4 is 5.32 Å². The predicted octanol–water partition coefficient (Wildman–Crippen LogP) is 3.91. The number of rotatable bonds is 7. The fourth-order valence-electron chi connectivity index (χ4n) is 3.64. The molecular weight excluding hydrogens is 384 g/mol. The molecule has 0 spiro atoms. The molecule has 1 saturated heterocycles. The molecule has 3 aromatic rings. The Labute approximate surface area is 174 Å². The minimum atomic E-state index is 0.0338. The van der Waals surface area contributed by atoms with E-state index in [2.05, 4.69) is 27.4 Å². The van der Waals surface area contributed by atoms with Crippen LogP contribution in [0.25, 0.3) is 10.2 Å². The van der Waals surface area contributed by atoms with Gasteiger partial charge < -0.3 is 15.0 Å². The predicted molar refractivity (Wildman–Crippen MR) is 117 cm³/mol. The van der Waals surface area contributed by atoms with E-state index in [0.29, 0.717) is 6.54 Å². The van der Waals surface area contributed by atoms with Crippen molar-refractivity contribution in [3.05, 3.63) is 52.7 Å². The van der Waals surface area contributed by atoms with Crippen molar-refractivity contribution >= 4 is 33.3 Å². The molecule has 1 aromatic carbocycles. The molecule has 1 fully saturated rings. The smallest absolute Gasteiger partial charge is 0.264 e. The lowest BCUT2D eigenvalue weighted by Gasteiger charge is -2.17. The molecule has 1 N–H and O–H groups in total. The van der Waals surface area contributed by atoms with Gasteiger partial charge in [0.05, 0.1) is 16.4 Å². The third-order valence-electron chi connectivity index (χ3n) is 5.37. The molecule has 29 heavy (non-hydrogen) atoms. The van der Waals surface area contributed by atoms with E-state index in [0.717, 1.165) is 58.9 Å². The highest BCUT2D eigenvalue weighted by Gasteiger charge is 2.22. The van der Waals surface area contributed by atoms with E-state index in [1.165, 1.54) is 16.9 Å². The minimum Gasteiger partial charge on any atom is -0.376 e. The van der Waals surface area contributed by atoms with E-state index >= 15 is 0 Å². The first-order valence-corrected chi connectivity index (χ1v) is 10.8. The Balaban J connectivity index is 1.50. The summed E-state index contributed by atoms with van der Waals surface area (Å²) in [7, 11) is 1.86. The zero-order chi connectivity index (χ0) is 20.2. The number of thiophene rings is 1. The number of likely N-dealkylation sites (N-methyl/N-ethyl adjacent to an activating group) is 1. The molecule has 1 amide bonds. The number of aromatic nitrogens is 2. The topological polar surface area (TPSA) is 67.4 Å². The molecule has 1 unspecified atom stereocenters. The zero-order valence-electron chi connectivity index (χ0n) is 16.9. The average molecular weight is 411 g/mol. The Bertz CT molecular complexity index is 983. The fraction of sp³-hybridized carbons (Fsp3) is 0.409. The number of nitrogens with one attached hydrogen (secondary N) is 1. The van der Waals surface area contributed by atoms with Gasteiger partial charge in [-0.15, -0.1) is 11.3 Å². The summed E-state index contributed by atoms with van der Waals surface area (Å²) < 4.78 is 5.69. The van der Waals surface area contributed by atoms with Crippen molar-refractivity contribution < 1.29 is 9.53 Å². The number of amides is 1. The number of nitrogens with zero attached hydrogens (tertiary/aromatic N) is 3. The van der Waals surface area contributed by atoms with Crippen molar-refractivity contribution in [1.29, 1.82) is 0 Å². The van der Waals surface area contributed by atoms with Crippen molar-refractivity contribution in [3.8, 4) is 0 Å². The molecule has 1 atom stereocenters. The maximum atomic E-state index is 13.1. The number of carbonyl (C=O) groups is 1. The molecule has 7 heteroatoms.